The van der Waals surface area contributed by atoms with Crippen molar-refractivity contribution in [2.24, 2.45) is 5.84 Å². The Kier molecular flexibility index (Phi) is 5.77. The summed E-state index contributed by atoms with van der Waals surface area (Å²) >= 11 is 3.52. The molecule has 0 bridgehead atoms. The summed E-state index contributed by atoms with van der Waals surface area (Å²) in [6.07, 6.45) is 1.98. The van der Waals surface area contributed by atoms with Gasteiger partial charge in [0.1, 0.15) is 0 Å². The number of hydrazine groups is 1. The van der Waals surface area contributed by atoms with Crippen molar-refractivity contribution >= 4 is 15.9 Å². The predicted octanol–water partition coefficient (Wildman–Crippen LogP) is 4.02. The largest absolute Gasteiger partial charge is 0.271 e. The van der Waals surface area contributed by atoms with Gasteiger partial charge in [0.05, 0.1) is 0 Å². The van der Waals surface area contributed by atoms with Gasteiger partial charge in [0.2, 0.25) is 0 Å². The van der Waals surface area contributed by atoms with Crippen molar-refractivity contribution in [1.29, 1.82) is 0 Å². The third kappa shape index (κ3) is 3.92. The number of halogens is 1. The fourth-order valence-corrected chi connectivity index (χ4v) is 3.13. The Morgan fingerprint density at radius 1 is 1.10 bits per heavy atom. The van der Waals surface area contributed by atoms with Crippen LogP contribution in [0.4, 0.5) is 0 Å². The minimum Gasteiger partial charge on any atom is -0.271 e. The summed E-state index contributed by atoms with van der Waals surface area (Å²) in [5, 5.41) is 0. The highest BCUT2D eigenvalue weighted by Crippen LogP contribution is 2.25. The normalized spacial score (nSPS) is 13.9. The molecule has 2 unspecified atom stereocenters. The second-order valence-corrected chi connectivity index (χ2v) is 5.95. The van der Waals surface area contributed by atoms with Crippen LogP contribution in [-0.4, -0.2) is 6.04 Å². The molecular formula is C17H21BrN2. The van der Waals surface area contributed by atoms with E-state index in [1.807, 2.05) is 6.07 Å². The van der Waals surface area contributed by atoms with Crippen LogP contribution in [0.3, 0.4) is 0 Å². The highest BCUT2D eigenvalue weighted by molar-refractivity contribution is 9.10. The monoisotopic (exact) mass is 332 g/mol. The standard InChI is InChI=1S/C17H21BrN2/c1-2-16(14-8-4-3-5-9-14)17(20-19)12-13-7-6-10-15(18)11-13/h3-11,16-17,20H,2,12,19H2,1H3. The van der Waals surface area contributed by atoms with E-state index in [0.717, 1.165) is 17.3 Å². The molecule has 2 aromatic rings. The quantitative estimate of drug-likeness (QED) is 0.619. The number of nitrogens with one attached hydrogen (secondary N) is 1. The molecule has 20 heavy (non-hydrogen) atoms. The van der Waals surface area contributed by atoms with Gasteiger partial charge in [0, 0.05) is 16.4 Å². The van der Waals surface area contributed by atoms with Crippen LogP contribution in [0.15, 0.2) is 59.1 Å². The summed E-state index contributed by atoms with van der Waals surface area (Å²) in [5.41, 5.74) is 5.63. The minimum atomic E-state index is 0.233. The van der Waals surface area contributed by atoms with Crippen molar-refractivity contribution in [3.63, 3.8) is 0 Å². The van der Waals surface area contributed by atoms with Crippen molar-refractivity contribution in [2.75, 3.05) is 0 Å². The zero-order valence-electron chi connectivity index (χ0n) is 11.7. The zero-order chi connectivity index (χ0) is 14.4. The van der Waals surface area contributed by atoms with E-state index in [9.17, 15) is 0 Å². The molecule has 3 heteroatoms. The van der Waals surface area contributed by atoms with Crippen molar-refractivity contribution in [2.45, 2.75) is 31.7 Å². The topological polar surface area (TPSA) is 38.0 Å². The van der Waals surface area contributed by atoms with Crippen LogP contribution in [0.2, 0.25) is 0 Å². The summed E-state index contributed by atoms with van der Waals surface area (Å²) < 4.78 is 1.11. The lowest BCUT2D eigenvalue weighted by Gasteiger charge is -2.26. The first-order chi connectivity index (χ1) is 9.74. The summed E-state index contributed by atoms with van der Waals surface area (Å²) in [6, 6.07) is 19.2. The molecule has 0 spiro atoms. The average molecular weight is 333 g/mol. The van der Waals surface area contributed by atoms with Gasteiger partial charge in [-0.2, -0.15) is 0 Å². The van der Waals surface area contributed by atoms with E-state index in [0.29, 0.717) is 5.92 Å². The van der Waals surface area contributed by atoms with Crippen molar-refractivity contribution < 1.29 is 0 Å². The lowest BCUT2D eigenvalue weighted by Crippen LogP contribution is -2.41. The maximum atomic E-state index is 5.81. The molecule has 0 heterocycles. The van der Waals surface area contributed by atoms with Crippen molar-refractivity contribution in [3.8, 4) is 0 Å². The number of benzene rings is 2. The molecule has 0 fully saturated rings. The predicted molar refractivity (Wildman–Crippen MR) is 88.4 cm³/mol. The molecule has 0 saturated carbocycles. The van der Waals surface area contributed by atoms with Crippen LogP contribution in [-0.2, 0) is 6.42 Å². The molecular weight excluding hydrogens is 312 g/mol. The smallest absolute Gasteiger partial charge is 0.0319 e. The van der Waals surface area contributed by atoms with Gasteiger partial charge in [-0.05, 0) is 36.1 Å². The molecule has 0 aliphatic carbocycles. The van der Waals surface area contributed by atoms with Gasteiger partial charge in [0.15, 0.2) is 0 Å². The summed E-state index contributed by atoms with van der Waals surface area (Å²) in [5.74, 6) is 6.23. The van der Waals surface area contributed by atoms with Crippen molar-refractivity contribution in [3.05, 3.63) is 70.2 Å². The summed E-state index contributed by atoms with van der Waals surface area (Å²) in [4.78, 5) is 0. The van der Waals surface area contributed by atoms with E-state index in [4.69, 9.17) is 5.84 Å². The Bertz CT molecular complexity index is 528. The molecule has 0 amide bonds. The fourth-order valence-electron chi connectivity index (χ4n) is 2.69. The maximum Gasteiger partial charge on any atom is 0.0319 e. The molecule has 2 nitrogen and oxygen atoms in total. The van der Waals surface area contributed by atoms with E-state index < -0.39 is 0 Å². The number of hydrogen-bond acceptors (Lipinski definition) is 2. The third-order valence-corrected chi connectivity index (χ3v) is 4.21. The Morgan fingerprint density at radius 2 is 1.85 bits per heavy atom. The zero-order valence-corrected chi connectivity index (χ0v) is 13.3. The van der Waals surface area contributed by atoms with E-state index >= 15 is 0 Å². The van der Waals surface area contributed by atoms with Crippen LogP contribution >= 0.6 is 15.9 Å². The van der Waals surface area contributed by atoms with Gasteiger partial charge in [-0.15, -0.1) is 0 Å². The Hall–Kier alpha value is -1.16. The number of hydrogen-bond donors (Lipinski definition) is 2. The van der Waals surface area contributed by atoms with Crippen LogP contribution < -0.4 is 11.3 Å². The van der Waals surface area contributed by atoms with Gasteiger partial charge in [-0.1, -0.05) is 65.3 Å². The molecule has 0 aliphatic rings. The lowest BCUT2D eigenvalue weighted by atomic mass is 9.86. The molecule has 0 radical (unpaired) electrons. The van der Waals surface area contributed by atoms with E-state index in [1.165, 1.54) is 11.1 Å². The maximum absolute atomic E-state index is 5.81. The van der Waals surface area contributed by atoms with Crippen molar-refractivity contribution in [1.82, 2.24) is 5.43 Å². The summed E-state index contributed by atoms with van der Waals surface area (Å²) in [6.45, 7) is 2.21. The molecule has 106 valence electrons. The van der Waals surface area contributed by atoms with Gasteiger partial charge in [-0.3, -0.25) is 11.3 Å². The van der Waals surface area contributed by atoms with E-state index in [2.05, 4.69) is 76.8 Å². The lowest BCUT2D eigenvalue weighted by molar-refractivity contribution is 0.427. The highest BCUT2D eigenvalue weighted by Gasteiger charge is 2.20. The van der Waals surface area contributed by atoms with Crippen LogP contribution in [0, 0.1) is 0 Å². The first-order valence-corrected chi connectivity index (χ1v) is 7.79. The SMILES string of the molecule is CCC(c1ccccc1)C(Cc1cccc(Br)c1)NN. The molecule has 2 aromatic carbocycles. The first-order valence-electron chi connectivity index (χ1n) is 7.00. The first kappa shape index (κ1) is 15.2. The van der Waals surface area contributed by atoms with Crippen LogP contribution in [0.5, 0.6) is 0 Å². The molecule has 0 saturated heterocycles. The molecule has 2 rings (SSSR count). The van der Waals surface area contributed by atoms with Crippen LogP contribution in [0.1, 0.15) is 30.4 Å². The fraction of sp³-hybridized carbons (Fsp3) is 0.294. The molecule has 3 N–H and O–H groups in total. The minimum absolute atomic E-state index is 0.233. The van der Waals surface area contributed by atoms with Crippen LogP contribution in [0.25, 0.3) is 0 Å². The van der Waals surface area contributed by atoms with Gasteiger partial charge < -0.3 is 0 Å². The Morgan fingerprint density at radius 3 is 2.45 bits per heavy atom. The second kappa shape index (κ2) is 7.58. The van der Waals surface area contributed by atoms with Gasteiger partial charge in [-0.25, -0.2) is 0 Å². The number of rotatable bonds is 6. The Balaban J connectivity index is 2.18. The molecule has 0 aromatic heterocycles. The average Bonchev–Trinajstić information content (AvgIpc) is 2.48. The highest BCUT2D eigenvalue weighted by atomic mass is 79.9. The molecule has 0 aliphatic heterocycles. The molecule has 2 atom stereocenters. The summed E-state index contributed by atoms with van der Waals surface area (Å²) in [7, 11) is 0. The number of nitrogens with two attached hydrogens (primary N) is 1. The third-order valence-electron chi connectivity index (χ3n) is 3.71. The van der Waals surface area contributed by atoms with Gasteiger partial charge in [0.25, 0.3) is 0 Å². The Labute approximate surface area is 129 Å². The van der Waals surface area contributed by atoms with E-state index in [1.54, 1.807) is 0 Å². The van der Waals surface area contributed by atoms with Gasteiger partial charge >= 0.3 is 0 Å². The van der Waals surface area contributed by atoms with E-state index in [-0.39, 0.29) is 6.04 Å². The second-order valence-electron chi connectivity index (χ2n) is 5.03.